The molecule has 6 heteroatoms. The smallest absolute Gasteiger partial charge is 0.326 e. The van der Waals surface area contributed by atoms with Gasteiger partial charge in [-0.15, -0.1) is 0 Å². The monoisotopic (exact) mass is 319 g/mol. The van der Waals surface area contributed by atoms with Gasteiger partial charge in [-0.25, -0.2) is 4.79 Å². The number of aliphatic carboxylic acids is 1. The van der Waals surface area contributed by atoms with Crippen molar-refractivity contribution >= 4 is 17.7 Å². The second-order valence-corrected chi connectivity index (χ2v) is 5.75. The SMILES string of the molecule is CO[C@@H](C(=O)N[C@@H](C(=O)O)[C@H]1CCCC(=O)C1)c1ccccc1. The van der Waals surface area contributed by atoms with E-state index in [0.717, 1.165) is 0 Å². The normalized spacial score (nSPS) is 20.6. The first kappa shape index (κ1) is 17.1. The lowest BCUT2D eigenvalue weighted by Gasteiger charge is -2.28. The summed E-state index contributed by atoms with van der Waals surface area (Å²) >= 11 is 0. The second-order valence-electron chi connectivity index (χ2n) is 5.75. The maximum absolute atomic E-state index is 12.4. The fraction of sp³-hybridized carbons (Fsp3) is 0.471. The summed E-state index contributed by atoms with van der Waals surface area (Å²) in [7, 11) is 1.40. The van der Waals surface area contributed by atoms with E-state index >= 15 is 0 Å². The van der Waals surface area contributed by atoms with Gasteiger partial charge in [0.1, 0.15) is 11.8 Å². The molecule has 1 aromatic carbocycles. The van der Waals surface area contributed by atoms with Crippen LogP contribution in [-0.2, 0) is 19.1 Å². The van der Waals surface area contributed by atoms with Crippen molar-refractivity contribution < 1.29 is 24.2 Å². The first-order valence-corrected chi connectivity index (χ1v) is 7.65. The van der Waals surface area contributed by atoms with E-state index in [0.29, 0.717) is 24.8 Å². The number of amides is 1. The number of Topliss-reactive ketones (excluding diaryl/α,β-unsaturated/α-hetero) is 1. The Balaban J connectivity index is 2.10. The number of carbonyl (C=O) groups excluding carboxylic acids is 2. The Labute approximate surface area is 134 Å². The molecule has 2 N–H and O–H groups in total. The van der Waals surface area contributed by atoms with Gasteiger partial charge in [0.25, 0.3) is 5.91 Å². The summed E-state index contributed by atoms with van der Waals surface area (Å²) in [5.41, 5.74) is 0.649. The summed E-state index contributed by atoms with van der Waals surface area (Å²) in [5, 5.41) is 12.0. The quantitative estimate of drug-likeness (QED) is 0.832. The van der Waals surface area contributed by atoms with Crippen molar-refractivity contribution in [2.45, 2.75) is 37.8 Å². The number of ketones is 1. The first-order valence-electron chi connectivity index (χ1n) is 7.65. The Morgan fingerprint density at radius 3 is 2.57 bits per heavy atom. The molecule has 0 saturated heterocycles. The van der Waals surface area contributed by atoms with Crippen LogP contribution in [0.25, 0.3) is 0 Å². The maximum atomic E-state index is 12.4. The lowest BCUT2D eigenvalue weighted by molar-refractivity contribution is -0.146. The van der Waals surface area contributed by atoms with E-state index in [9.17, 15) is 19.5 Å². The molecule has 0 bridgehead atoms. The molecular formula is C17H21NO5. The Kier molecular flexibility index (Phi) is 5.87. The lowest BCUT2D eigenvalue weighted by Crippen LogP contribution is -2.49. The van der Waals surface area contributed by atoms with E-state index in [4.69, 9.17) is 4.74 Å². The fourth-order valence-corrected chi connectivity index (χ4v) is 2.97. The van der Waals surface area contributed by atoms with Gasteiger partial charge >= 0.3 is 5.97 Å². The highest BCUT2D eigenvalue weighted by Gasteiger charge is 2.35. The van der Waals surface area contributed by atoms with Crippen molar-refractivity contribution in [2.24, 2.45) is 5.92 Å². The molecule has 1 aliphatic rings. The number of benzene rings is 1. The highest BCUT2D eigenvalue weighted by atomic mass is 16.5. The number of ether oxygens (including phenoxy) is 1. The summed E-state index contributed by atoms with van der Waals surface area (Å²) in [5.74, 6) is -1.95. The minimum atomic E-state index is -1.12. The van der Waals surface area contributed by atoms with Gasteiger partial charge in [0.2, 0.25) is 0 Å². The molecule has 1 fully saturated rings. The molecule has 0 aliphatic heterocycles. The van der Waals surface area contributed by atoms with Crippen LogP contribution < -0.4 is 5.32 Å². The molecule has 0 radical (unpaired) electrons. The van der Waals surface area contributed by atoms with Gasteiger partial charge in [-0.1, -0.05) is 30.3 Å². The molecule has 2 rings (SSSR count). The lowest BCUT2D eigenvalue weighted by atomic mass is 9.83. The van der Waals surface area contributed by atoms with E-state index in [-0.39, 0.29) is 18.1 Å². The van der Waals surface area contributed by atoms with Gasteiger partial charge in [0.15, 0.2) is 6.10 Å². The number of hydrogen-bond acceptors (Lipinski definition) is 4. The van der Waals surface area contributed by atoms with Crippen molar-refractivity contribution in [1.29, 1.82) is 0 Å². The molecule has 1 aliphatic carbocycles. The molecule has 124 valence electrons. The summed E-state index contributed by atoms with van der Waals surface area (Å²) in [6.07, 6.45) is 1.08. The summed E-state index contributed by atoms with van der Waals surface area (Å²) in [6.45, 7) is 0. The van der Waals surface area contributed by atoms with Crippen LogP contribution in [0.15, 0.2) is 30.3 Å². The third-order valence-electron chi connectivity index (χ3n) is 4.13. The van der Waals surface area contributed by atoms with Gasteiger partial charge in [-0.3, -0.25) is 9.59 Å². The standard InChI is InChI=1S/C17H21NO5/c1-23-15(11-6-3-2-4-7-11)16(20)18-14(17(21)22)12-8-5-9-13(19)10-12/h2-4,6-7,12,14-15H,5,8-10H2,1H3,(H,18,20)(H,21,22)/t12-,14+,15+/m0/s1. The highest BCUT2D eigenvalue weighted by Crippen LogP contribution is 2.25. The number of carbonyl (C=O) groups is 3. The summed E-state index contributed by atoms with van der Waals surface area (Å²) < 4.78 is 5.22. The molecular weight excluding hydrogens is 298 g/mol. The number of hydrogen-bond donors (Lipinski definition) is 2. The molecule has 6 nitrogen and oxygen atoms in total. The Hall–Kier alpha value is -2.21. The van der Waals surface area contributed by atoms with Crippen LogP contribution in [0.5, 0.6) is 0 Å². The van der Waals surface area contributed by atoms with E-state index in [2.05, 4.69) is 5.32 Å². The Morgan fingerprint density at radius 1 is 1.30 bits per heavy atom. The minimum absolute atomic E-state index is 0.0492. The Morgan fingerprint density at radius 2 is 2.00 bits per heavy atom. The van der Waals surface area contributed by atoms with Crippen molar-refractivity contribution in [3.8, 4) is 0 Å². The predicted octanol–water partition coefficient (Wildman–Crippen LogP) is 1.70. The van der Waals surface area contributed by atoms with Crippen LogP contribution in [0, 0.1) is 5.92 Å². The second kappa shape index (κ2) is 7.87. The van der Waals surface area contributed by atoms with Crippen LogP contribution in [0.1, 0.15) is 37.4 Å². The van der Waals surface area contributed by atoms with Crippen molar-refractivity contribution in [3.63, 3.8) is 0 Å². The minimum Gasteiger partial charge on any atom is -0.480 e. The molecule has 1 saturated carbocycles. The molecule has 0 aromatic heterocycles. The predicted molar refractivity (Wildman–Crippen MR) is 82.7 cm³/mol. The van der Waals surface area contributed by atoms with Gasteiger partial charge in [-0.05, 0) is 24.3 Å². The van der Waals surface area contributed by atoms with E-state index in [1.807, 2.05) is 6.07 Å². The average molecular weight is 319 g/mol. The van der Waals surface area contributed by atoms with Gasteiger partial charge in [0, 0.05) is 20.0 Å². The number of carboxylic acids is 1. The van der Waals surface area contributed by atoms with E-state index < -0.39 is 24.0 Å². The first-order chi connectivity index (χ1) is 11.0. The molecule has 1 amide bonds. The summed E-state index contributed by atoms with van der Waals surface area (Å²) in [4.78, 5) is 35.5. The Bertz CT molecular complexity index is 572. The number of nitrogens with one attached hydrogen (secondary N) is 1. The molecule has 0 spiro atoms. The van der Waals surface area contributed by atoms with Crippen molar-refractivity contribution in [2.75, 3.05) is 7.11 Å². The number of rotatable bonds is 6. The fourth-order valence-electron chi connectivity index (χ4n) is 2.97. The summed E-state index contributed by atoms with van der Waals surface area (Å²) in [6, 6.07) is 7.79. The molecule has 1 aromatic rings. The third kappa shape index (κ3) is 4.39. The van der Waals surface area contributed by atoms with E-state index in [1.165, 1.54) is 7.11 Å². The maximum Gasteiger partial charge on any atom is 0.326 e. The zero-order valence-electron chi connectivity index (χ0n) is 13.0. The average Bonchev–Trinajstić information content (AvgIpc) is 2.54. The number of methoxy groups -OCH3 is 1. The molecule has 3 atom stereocenters. The van der Waals surface area contributed by atoms with Crippen LogP contribution in [-0.4, -0.2) is 35.9 Å². The zero-order chi connectivity index (χ0) is 16.8. The van der Waals surface area contributed by atoms with Gasteiger partial charge < -0.3 is 15.2 Å². The van der Waals surface area contributed by atoms with Crippen molar-refractivity contribution in [1.82, 2.24) is 5.32 Å². The van der Waals surface area contributed by atoms with Gasteiger partial charge in [0.05, 0.1) is 0 Å². The third-order valence-corrected chi connectivity index (χ3v) is 4.13. The topological polar surface area (TPSA) is 92.7 Å². The molecule has 23 heavy (non-hydrogen) atoms. The van der Waals surface area contributed by atoms with Crippen LogP contribution in [0.3, 0.4) is 0 Å². The largest absolute Gasteiger partial charge is 0.480 e. The van der Waals surface area contributed by atoms with Crippen LogP contribution in [0.4, 0.5) is 0 Å². The zero-order valence-corrected chi connectivity index (χ0v) is 13.0. The molecule has 0 unspecified atom stereocenters. The van der Waals surface area contributed by atoms with Crippen LogP contribution in [0.2, 0.25) is 0 Å². The van der Waals surface area contributed by atoms with Gasteiger partial charge in [-0.2, -0.15) is 0 Å². The molecule has 0 heterocycles. The number of carboxylic acid groups (broad SMARTS) is 1. The van der Waals surface area contributed by atoms with Crippen molar-refractivity contribution in [3.05, 3.63) is 35.9 Å². The highest BCUT2D eigenvalue weighted by molar-refractivity contribution is 5.88. The van der Waals surface area contributed by atoms with Crippen LogP contribution >= 0.6 is 0 Å². The van der Waals surface area contributed by atoms with E-state index in [1.54, 1.807) is 24.3 Å².